The van der Waals surface area contributed by atoms with E-state index in [2.05, 4.69) is 5.32 Å². The van der Waals surface area contributed by atoms with Crippen molar-refractivity contribution in [1.82, 2.24) is 0 Å². The van der Waals surface area contributed by atoms with Gasteiger partial charge in [-0.1, -0.05) is 6.07 Å². The van der Waals surface area contributed by atoms with Crippen LogP contribution in [0.4, 0.5) is 11.4 Å². The third kappa shape index (κ3) is 2.19. The summed E-state index contributed by atoms with van der Waals surface area (Å²) in [5.41, 5.74) is 5.87. The van der Waals surface area contributed by atoms with Gasteiger partial charge in [-0.2, -0.15) is 0 Å². The summed E-state index contributed by atoms with van der Waals surface area (Å²) < 4.78 is 0. The maximum Gasteiger partial charge on any atom is 0.293 e. The quantitative estimate of drug-likeness (QED) is 0.629. The highest BCUT2D eigenvalue weighted by molar-refractivity contribution is 6.00. The van der Waals surface area contributed by atoms with Gasteiger partial charge in [0.2, 0.25) is 5.91 Å². The molecule has 96 valence electrons. The zero-order valence-corrected chi connectivity index (χ0v) is 10.1. The summed E-state index contributed by atoms with van der Waals surface area (Å²) in [6, 6.07) is 4.68. The number of hydrogen-bond acceptors (Lipinski definition) is 4. The van der Waals surface area contributed by atoms with Crippen LogP contribution in [0.3, 0.4) is 0 Å². The Hall–Kier alpha value is -1.95. The Morgan fingerprint density at radius 3 is 2.67 bits per heavy atom. The minimum Gasteiger partial charge on any atom is -0.319 e. The van der Waals surface area contributed by atoms with Crippen molar-refractivity contribution in [2.75, 3.05) is 5.32 Å². The number of hydrogen-bond donors (Lipinski definition) is 2. The molecule has 0 unspecified atom stereocenters. The summed E-state index contributed by atoms with van der Waals surface area (Å²) in [5.74, 6) is -0.347. The van der Waals surface area contributed by atoms with Crippen LogP contribution in [0.25, 0.3) is 0 Å². The van der Waals surface area contributed by atoms with Crippen molar-refractivity contribution in [2.24, 2.45) is 5.73 Å². The highest BCUT2D eigenvalue weighted by Gasteiger charge is 2.40. The van der Waals surface area contributed by atoms with Gasteiger partial charge in [0.15, 0.2) is 0 Å². The molecule has 0 radical (unpaired) electrons. The first-order valence-electron chi connectivity index (χ1n) is 5.78. The number of anilines is 1. The molecule has 6 nitrogen and oxygen atoms in total. The summed E-state index contributed by atoms with van der Waals surface area (Å²) in [6.07, 6.45) is 2.16. The van der Waals surface area contributed by atoms with Crippen molar-refractivity contribution in [2.45, 2.75) is 31.7 Å². The summed E-state index contributed by atoms with van der Waals surface area (Å²) >= 11 is 0. The van der Waals surface area contributed by atoms with E-state index in [-0.39, 0.29) is 17.3 Å². The number of nitrogens with zero attached hydrogens (tertiary/aromatic N) is 1. The Kier molecular flexibility index (Phi) is 3.04. The first-order chi connectivity index (χ1) is 8.42. The Labute approximate surface area is 104 Å². The van der Waals surface area contributed by atoms with Crippen LogP contribution in [0.15, 0.2) is 18.2 Å². The van der Waals surface area contributed by atoms with Crippen LogP contribution in [0, 0.1) is 17.0 Å². The first kappa shape index (κ1) is 12.5. The molecule has 1 fully saturated rings. The van der Waals surface area contributed by atoms with Gasteiger partial charge in [-0.3, -0.25) is 14.9 Å². The van der Waals surface area contributed by atoms with E-state index in [0.717, 1.165) is 12.0 Å². The molecular formula is C12H15N3O3. The van der Waals surface area contributed by atoms with Crippen molar-refractivity contribution in [3.05, 3.63) is 33.9 Å². The number of nitro benzene ring substituents is 1. The third-order valence-corrected chi connectivity index (χ3v) is 3.30. The van der Waals surface area contributed by atoms with E-state index in [1.807, 2.05) is 0 Å². The van der Waals surface area contributed by atoms with Crippen molar-refractivity contribution >= 4 is 17.3 Å². The Morgan fingerprint density at radius 1 is 1.50 bits per heavy atom. The van der Waals surface area contributed by atoms with E-state index in [4.69, 9.17) is 5.73 Å². The maximum absolute atomic E-state index is 11.9. The molecule has 0 bridgehead atoms. The second-order valence-electron chi connectivity index (χ2n) is 4.74. The van der Waals surface area contributed by atoms with Crippen molar-refractivity contribution in [3.8, 4) is 0 Å². The number of aryl methyl sites for hydroxylation is 1. The normalized spacial score (nSPS) is 16.8. The largest absolute Gasteiger partial charge is 0.319 e. The molecule has 6 heteroatoms. The van der Waals surface area contributed by atoms with Crippen LogP contribution in [0.2, 0.25) is 0 Å². The van der Waals surface area contributed by atoms with E-state index >= 15 is 0 Å². The molecule has 0 saturated heterocycles. The fourth-order valence-corrected chi connectivity index (χ4v) is 1.93. The Bertz CT molecular complexity index is 509. The standard InChI is InChI=1S/C12H15N3O3/c1-8-3-4-9(10(7-8)15(17)18)14-11(16)12(13)5-2-6-12/h3-4,7H,2,5-6,13H2,1H3,(H,14,16). The Morgan fingerprint density at radius 2 is 2.17 bits per heavy atom. The molecule has 18 heavy (non-hydrogen) atoms. The minimum absolute atomic E-state index is 0.105. The molecule has 2 rings (SSSR count). The lowest BCUT2D eigenvalue weighted by atomic mass is 9.77. The zero-order valence-electron chi connectivity index (χ0n) is 10.1. The number of amides is 1. The van der Waals surface area contributed by atoms with Crippen LogP contribution in [-0.2, 0) is 4.79 Å². The molecular weight excluding hydrogens is 234 g/mol. The van der Waals surface area contributed by atoms with Gasteiger partial charge in [-0.15, -0.1) is 0 Å². The molecule has 1 aromatic rings. The van der Waals surface area contributed by atoms with Gasteiger partial charge in [-0.25, -0.2) is 0 Å². The molecule has 1 saturated carbocycles. The number of carbonyl (C=O) groups is 1. The predicted molar refractivity (Wildman–Crippen MR) is 67.2 cm³/mol. The second-order valence-corrected chi connectivity index (χ2v) is 4.74. The summed E-state index contributed by atoms with van der Waals surface area (Å²) in [5, 5.41) is 13.5. The van der Waals surface area contributed by atoms with Crippen molar-refractivity contribution in [3.63, 3.8) is 0 Å². The molecule has 1 aliphatic carbocycles. The lowest BCUT2D eigenvalue weighted by Gasteiger charge is -2.36. The number of rotatable bonds is 3. The zero-order chi connectivity index (χ0) is 13.3. The average Bonchev–Trinajstić information content (AvgIpc) is 2.27. The van der Waals surface area contributed by atoms with Gasteiger partial charge in [0, 0.05) is 6.07 Å². The van der Waals surface area contributed by atoms with Gasteiger partial charge in [0.25, 0.3) is 5.69 Å². The van der Waals surface area contributed by atoms with Crippen LogP contribution in [0.1, 0.15) is 24.8 Å². The van der Waals surface area contributed by atoms with E-state index < -0.39 is 10.5 Å². The minimum atomic E-state index is -0.862. The van der Waals surface area contributed by atoms with Gasteiger partial charge in [0.05, 0.1) is 10.5 Å². The van der Waals surface area contributed by atoms with Crippen LogP contribution >= 0.6 is 0 Å². The molecule has 3 N–H and O–H groups in total. The summed E-state index contributed by atoms with van der Waals surface area (Å²) in [7, 11) is 0. The lowest BCUT2D eigenvalue weighted by molar-refractivity contribution is -0.384. The fourth-order valence-electron chi connectivity index (χ4n) is 1.93. The topological polar surface area (TPSA) is 98.3 Å². The van der Waals surface area contributed by atoms with Crippen LogP contribution < -0.4 is 11.1 Å². The predicted octanol–water partition coefficient (Wildman–Crippen LogP) is 1.72. The SMILES string of the molecule is Cc1ccc(NC(=O)C2(N)CCC2)c([N+](=O)[O-])c1. The van der Waals surface area contributed by atoms with Crippen molar-refractivity contribution in [1.29, 1.82) is 0 Å². The van der Waals surface area contributed by atoms with E-state index in [9.17, 15) is 14.9 Å². The fraction of sp³-hybridized carbons (Fsp3) is 0.417. The molecule has 0 heterocycles. The molecule has 0 aromatic heterocycles. The Balaban J connectivity index is 2.23. The highest BCUT2D eigenvalue weighted by atomic mass is 16.6. The molecule has 1 aromatic carbocycles. The molecule has 0 spiro atoms. The van der Waals surface area contributed by atoms with E-state index in [0.29, 0.717) is 12.8 Å². The highest BCUT2D eigenvalue weighted by Crippen LogP contribution is 2.32. The van der Waals surface area contributed by atoms with Crippen LogP contribution in [0.5, 0.6) is 0 Å². The van der Waals surface area contributed by atoms with Gasteiger partial charge in [0.1, 0.15) is 5.69 Å². The molecule has 1 aliphatic rings. The number of nitrogens with two attached hydrogens (primary N) is 1. The number of carbonyl (C=O) groups excluding carboxylic acids is 1. The monoisotopic (exact) mass is 249 g/mol. The maximum atomic E-state index is 11.9. The van der Waals surface area contributed by atoms with Crippen molar-refractivity contribution < 1.29 is 9.72 Å². The van der Waals surface area contributed by atoms with Gasteiger partial charge < -0.3 is 11.1 Å². The van der Waals surface area contributed by atoms with Crippen LogP contribution in [-0.4, -0.2) is 16.4 Å². The summed E-state index contributed by atoms with van der Waals surface area (Å²) in [4.78, 5) is 22.3. The molecule has 1 amide bonds. The second kappa shape index (κ2) is 4.38. The van der Waals surface area contributed by atoms with E-state index in [1.165, 1.54) is 12.1 Å². The molecule has 0 atom stereocenters. The molecule has 0 aliphatic heterocycles. The smallest absolute Gasteiger partial charge is 0.293 e. The van der Waals surface area contributed by atoms with Gasteiger partial charge >= 0.3 is 0 Å². The number of nitrogens with one attached hydrogen (secondary N) is 1. The third-order valence-electron chi connectivity index (χ3n) is 3.30. The van der Waals surface area contributed by atoms with E-state index in [1.54, 1.807) is 13.0 Å². The average molecular weight is 249 g/mol. The summed E-state index contributed by atoms with van der Waals surface area (Å²) in [6.45, 7) is 1.76. The number of benzene rings is 1. The van der Waals surface area contributed by atoms with Gasteiger partial charge in [-0.05, 0) is 37.8 Å². The first-order valence-corrected chi connectivity index (χ1v) is 5.78. The number of nitro groups is 1. The lowest BCUT2D eigenvalue weighted by Crippen LogP contribution is -2.56.